The molecule has 0 saturated heterocycles. The van der Waals surface area contributed by atoms with Gasteiger partial charge in [-0.1, -0.05) is 23.7 Å². The van der Waals surface area contributed by atoms with E-state index in [0.29, 0.717) is 28.6 Å². The first-order chi connectivity index (χ1) is 12.3. The van der Waals surface area contributed by atoms with Crippen LogP contribution in [0.15, 0.2) is 48.5 Å². The summed E-state index contributed by atoms with van der Waals surface area (Å²) in [5, 5.41) is 3.29. The van der Waals surface area contributed by atoms with Crippen molar-refractivity contribution < 1.29 is 17.9 Å². The Bertz CT molecular complexity index is 836. The lowest BCUT2D eigenvalue weighted by Crippen LogP contribution is -2.30. The molecule has 0 aromatic heterocycles. The Morgan fingerprint density at radius 2 is 1.73 bits per heavy atom. The van der Waals surface area contributed by atoms with Crippen LogP contribution in [0.25, 0.3) is 0 Å². The van der Waals surface area contributed by atoms with Crippen LogP contribution in [0, 0.1) is 0 Å². The summed E-state index contributed by atoms with van der Waals surface area (Å²) in [6.07, 6.45) is 1.00. The standard InChI is InChI=1S/C18H21ClN2O4S/c1-3-25-16-10-8-15(9-11-16)20-18(22)12-17(21-26(2,23)24)13-4-6-14(19)7-5-13/h4-11,17,21H,3,12H2,1-2H3,(H,20,22). The third-order valence-electron chi connectivity index (χ3n) is 3.47. The third kappa shape index (κ3) is 6.67. The van der Waals surface area contributed by atoms with E-state index < -0.39 is 16.1 Å². The van der Waals surface area contributed by atoms with Crippen molar-refractivity contribution >= 4 is 33.2 Å². The maximum absolute atomic E-state index is 12.4. The second-order valence-electron chi connectivity index (χ2n) is 5.70. The van der Waals surface area contributed by atoms with Gasteiger partial charge in [0, 0.05) is 17.1 Å². The van der Waals surface area contributed by atoms with Gasteiger partial charge in [-0.15, -0.1) is 0 Å². The van der Waals surface area contributed by atoms with Crippen molar-refractivity contribution in [3.63, 3.8) is 0 Å². The summed E-state index contributed by atoms with van der Waals surface area (Å²) in [5.74, 6) is 0.397. The summed E-state index contributed by atoms with van der Waals surface area (Å²) in [4.78, 5) is 12.4. The van der Waals surface area contributed by atoms with E-state index >= 15 is 0 Å². The van der Waals surface area contributed by atoms with Gasteiger partial charge in [-0.05, 0) is 48.9 Å². The van der Waals surface area contributed by atoms with Crippen LogP contribution in [0.2, 0.25) is 5.02 Å². The summed E-state index contributed by atoms with van der Waals surface area (Å²) < 4.78 is 31.1. The minimum atomic E-state index is -3.49. The van der Waals surface area contributed by atoms with Crippen LogP contribution in [0.4, 0.5) is 5.69 Å². The molecule has 6 nitrogen and oxygen atoms in total. The highest BCUT2D eigenvalue weighted by molar-refractivity contribution is 7.88. The monoisotopic (exact) mass is 396 g/mol. The molecule has 0 radical (unpaired) electrons. The molecular weight excluding hydrogens is 376 g/mol. The minimum absolute atomic E-state index is 0.0537. The Balaban J connectivity index is 2.08. The van der Waals surface area contributed by atoms with Gasteiger partial charge in [-0.3, -0.25) is 4.79 Å². The van der Waals surface area contributed by atoms with Crippen molar-refractivity contribution in [3.05, 3.63) is 59.1 Å². The largest absolute Gasteiger partial charge is 0.494 e. The maximum Gasteiger partial charge on any atom is 0.226 e. The Morgan fingerprint density at radius 3 is 2.27 bits per heavy atom. The van der Waals surface area contributed by atoms with Gasteiger partial charge >= 0.3 is 0 Å². The number of halogens is 1. The first-order valence-corrected chi connectivity index (χ1v) is 10.3. The quantitative estimate of drug-likeness (QED) is 0.716. The van der Waals surface area contributed by atoms with E-state index in [9.17, 15) is 13.2 Å². The van der Waals surface area contributed by atoms with Gasteiger partial charge in [0.2, 0.25) is 15.9 Å². The Labute approximate surface area is 158 Å². The number of amides is 1. The summed E-state index contributed by atoms with van der Waals surface area (Å²) >= 11 is 5.87. The van der Waals surface area contributed by atoms with Gasteiger partial charge in [-0.2, -0.15) is 0 Å². The number of sulfonamides is 1. The summed E-state index contributed by atoms with van der Waals surface area (Å²) in [6, 6.07) is 13.0. The normalized spacial score (nSPS) is 12.4. The number of hydrogen-bond donors (Lipinski definition) is 2. The molecule has 0 aliphatic carbocycles. The molecule has 0 bridgehead atoms. The second-order valence-corrected chi connectivity index (χ2v) is 7.92. The zero-order valence-electron chi connectivity index (χ0n) is 14.5. The van der Waals surface area contributed by atoms with Crippen LogP contribution in [-0.4, -0.2) is 27.2 Å². The number of carbonyl (C=O) groups excluding carboxylic acids is 1. The van der Waals surface area contributed by atoms with E-state index in [0.717, 1.165) is 6.26 Å². The van der Waals surface area contributed by atoms with E-state index in [4.69, 9.17) is 16.3 Å². The van der Waals surface area contributed by atoms with E-state index in [1.54, 1.807) is 48.5 Å². The molecular formula is C18H21ClN2O4S. The zero-order valence-corrected chi connectivity index (χ0v) is 16.1. The van der Waals surface area contributed by atoms with Crippen LogP contribution in [0.1, 0.15) is 24.9 Å². The lowest BCUT2D eigenvalue weighted by molar-refractivity contribution is -0.116. The van der Waals surface area contributed by atoms with Gasteiger partial charge in [0.25, 0.3) is 0 Å². The molecule has 2 rings (SSSR count). The van der Waals surface area contributed by atoms with Crippen molar-refractivity contribution in [3.8, 4) is 5.75 Å². The molecule has 0 saturated carbocycles. The Morgan fingerprint density at radius 1 is 1.12 bits per heavy atom. The van der Waals surface area contributed by atoms with Gasteiger partial charge < -0.3 is 10.1 Å². The Hall–Kier alpha value is -2.09. The van der Waals surface area contributed by atoms with Crippen molar-refractivity contribution in [2.24, 2.45) is 0 Å². The van der Waals surface area contributed by atoms with Crippen molar-refractivity contribution in [2.45, 2.75) is 19.4 Å². The SMILES string of the molecule is CCOc1ccc(NC(=O)CC(NS(C)(=O)=O)c2ccc(Cl)cc2)cc1. The number of hydrogen-bond acceptors (Lipinski definition) is 4. The van der Waals surface area contributed by atoms with Crippen molar-refractivity contribution in [1.82, 2.24) is 4.72 Å². The molecule has 1 amide bonds. The topological polar surface area (TPSA) is 84.5 Å². The van der Waals surface area contributed by atoms with Gasteiger partial charge in [0.1, 0.15) is 5.75 Å². The number of nitrogens with one attached hydrogen (secondary N) is 2. The fourth-order valence-electron chi connectivity index (χ4n) is 2.38. The lowest BCUT2D eigenvalue weighted by Gasteiger charge is -2.18. The number of ether oxygens (including phenoxy) is 1. The van der Waals surface area contributed by atoms with Crippen molar-refractivity contribution in [2.75, 3.05) is 18.2 Å². The molecule has 2 N–H and O–H groups in total. The average Bonchev–Trinajstić information content (AvgIpc) is 2.56. The molecule has 2 aromatic carbocycles. The molecule has 0 fully saturated rings. The number of carbonyl (C=O) groups is 1. The number of rotatable bonds is 8. The first-order valence-electron chi connectivity index (χ1n) is 8.02. The first kappa shape index (κ1) is 20.2. The van der Waals surface area contributed by atoms with Gasteiger partial charge in [-0.25, -0.2) is 13.1 Å². The van der Waals surface area contributed by atoms with E-state index in [1.165, 1.54) is 0 Å². The fraction of sp³-hybridized carbons (Fsp3) is 0.278. The van der Waals surface area contributed by atoms with E-state index in [2.05, 4.69) is 10.0 Å². The molecule has 0 aliphatic rings. The predicted octanol–water partition coefficient (Wildman–Crippen LogP) is 3.36. The average molecular weight is 397 g/mol. The number of benzene rings is 2. The summed E-state index contributed by atoms with van der Waals surface area (Å²) in [7, 11) is -3.49. The van der Waals surface area contributed by atoms with Gasteiger partial charge in [0.15, 0.2) is 0 Å². The molecule has 8 heteroatoms. The van der Waals surface area contributed by atoms with E-state index in [-0.39, 0.29) is 12.3 Å². The second kappa shape index (κ2) is 9.02. The molecule has 1 unspecified atom stereocenters. The van der Waals surface area contributed by atoms with Crippen molar-refractivity contribution in [1.29, 1.82) is 0 Å². The van der Waals surface area contributed by atoms with Crippen LogP contribution in [-0.2, 0) is 14.8 Å². The Kier molecular flexibility index (Phi) is 7.02. The molecule has 1 atom stereocenters. The van der Waals surface area contributed by atoms with Crippen LogP contribution < -0.4 is 14.8 Å². The van der Waals surface area contributed by atoms with Gasteiger partial charge in [0.05, 0.1) is 18.9 Å². The third-order valence-corrected chi connectivity index (χ3v) is 4.43. The molecule has 0 spiro atoms. The number of anilines is 1. The molecule has 26 heavy (non-hydrogen) atoms. The highest BCUT2D eigenvalue weighted by Gasteiger charge is 2.20. The zero-order chi connectivity index (χ0) is 19.2. The molecule has 0 heterocycles. The maximum atomic E-state index is 12.4. The molecule has 140 valence electrons. The van der Waals surface area contributed by atoms with Crippen LogP contribution in [0.5, 0.6) is 5.75 Å². The minimum Gasteiger partial charge on any atom is -0.494 e. The highest BCUT2D eigenvalue weighted by Crippen LogP contribution is 2.22. The smallest absolute Gasteiger partial charge is 0.226 e. The fourth-order valence-corrected chi connectivity index (χ4v) is 3.24. The highest BCUT2D eigenvalue weighted by atomic mass is 35.5. The van der Waals surface area contributed by atoms with E-state index in [1.807, 2.05) is 6.92 Å². The van der Waals surface area contributed by atoms with Crippen LogP contribution >= 0.6 is 11.6 Å². The lowest BCUT2D eigenvalue weighted by atomic mass is 10.0. The summed E-state index contributed by atoms with van der Waals surface area (Å²) in [5.41, 5.74) is 1.26. The predicted molar refractivity (Wildman–Crippen MR) is 103 cm³/mol. The molecule has 2 aromatic rings. The molecule has 0 aliphatic heterocycles. The summed E-state index contributed by atoms with van der Waals surface area (Å²) in [6.45, 7) is 2.45. The van der Waals surface area contributed by atoms with Crippen LogP contribution in [0.3, 0.4) is 0 Å².